The Morgan fingerprint density at radius 2 is 1.65 bits per heavy atom. The molecule has 0 bridgehead atoms. The fourth-order valence-electron chi connectivity index (χ4n) is 2.37. The monoisotopic (exact) mass is 326 g/mol. The van der Waals surface area contributed by atoms with Gasteiger partial charge in [0.25, 0.3) is 10.1 Å². The van der Waals surface area contributed by atoms with Crippen LogP contribution in [0.2, 0.25) is 6.04 Å². The smallest absolute Gasteiger partial charge is 0.374 e. The van der Waals surface area contributed by atoms with Gasteiger partial charge in [-0.1, -0.05) is 0 Å². The second kappa shape index (κ2) is 8.45. The topological polar surface area (TPSA) is 71.1 Å². The average molecular weight is 326 g/mol. The summed E-state index contributed by atoms with van der Waals surface area (Å²) in [5, 5.41) is -0.390. The molecule has 1 fully saturated rings. The van der Waals surface area contributed by atoms with Crippen LogP contribution in [-0.2, 0) is 27.6 Å². The van der Waals surface area contributed by atoms with Crippen molar-refractivity contribution in [2.75, 3.05) is 26.4 Å². The fourth-order valence-corrected chi connectivity index (χ4v) is 6.37. The van der Waals surface area contributed by atoms with Gasteiger partial charge < -0.3 is 13.3 Å². The fraction of sp³-hybridized carbons (Fsp3) is 1.00. The van der Waals surface area contributed by atoms with Crippen molar-refractivity contribution in [1.82, 2.24) is 0 Å². The molecule has 1 atom stereocenters. The molecule has 1 aliphatic rings. The van der Waals surface area contributed by atoms with Crippen molar-refractivity contribution in [3.63, 3.8) is 0 Å². The minimum atomic E-state index is -3.35. The maximum Gasteiger partial charge on any atom is 0.500 e. The largest absolute Gasteiger partial charge is 0.500 e. The van der Waals surface area contributed by atoms with Gasteiger partial charge in [0.05, 0.1) is 11.9 Å². The summed E-state index contributed by atoms with van der Waals surface area (Å²) in [7, 11) is -6.00. The highest BCUT2D eigenvalue weighted by Crippen LogP contribution is 2.26. The van der Waals surface area contributed by atoms with Crippen molar-refractivity contribution in [3.05, 3.63) is 0 Å². The van der Waals surface area contributed by atoms with Crippen LogP contribution in [0.4, 0.5) is 0 Å². The Hall–Kier alpha value is 0.00688. The summed E-state index contributed by atoms with van der Waals surface area (Å²) in [4.78, 5) is 0. The van der Waals surface area contributed by atoms with Gasteiger partial charge in [0.1, 0.15) is 0 Å². The van der Waals surface area contributed by atoms with Gasteiger partial charge in [0, 0.05) is 25.9 Å². The lowest BCUT2D eigenvalue weighted by Crippen LogP contribution is -2.46. The van der Waals surface area contributed by atoms with Gasteiger partial charge in [-0.05, 0) is 40.0 Å². The molecule has 1 aliphatic heterocycles. The van der Waals surface area contributed by atoms with E-state index in [4.69, 9.17) is 17.5 Å². The lowest BCUT2D eigenvalue weighted by molar-refractivity contribution is 0.0706. The highest BCUT2D eigenvalue weighted by Gasteiger charge is 2.41. The van der Waals surface area contributed by atoms with Crippen LogP contribution in [0.5, 0.6) is 0 Å². The van der Waals surface area contributed by atoms with Crippen LogP contribution < -0.4 is 0 Å². The number of rotatable bonds is 10. The zero-order chi connectivity index (χ0) is 15.1. The second-order valence-corrected chi connectivity index (χ2v) is 9.22. The van der Waals surface area contributed by atoms with E-state index in [9.17, 15) is 8.42 Å². The molecule has 0 aromatic rings. The summed E-state index contributed by atoms with van der Waals surface area (Å²) in [6, 6.07) is 0.647. The molecule has 1 saturated heterocycles. The van der Waals surface area contributed by atoms with Crippen molar-refractivity contribution in [3.8, 4) is 0 Å². The first-order valence-electron chi connectivity index (χ1n) is 7.29. The van der Waals surface area contributed by atoms with Crippen LogP contribution in [0.3, 0.4) is 0 Å². The van der Waals surface area contributed by atoms with E-state index in [0.29, 0.717) is 51.7 Å². The Morgan fingerprint density at radius 1 is 1.10 bits per heavy atom. The Morgan fingerprint density at radius 3 is 2.05 bits per heavy atom. The summed E-state index contributed by atoms with van der Waals surface area (Å²) in [5.41, 5.74) is 0. The van der Waals surface area contributed by atoms with Crippen LogP contribution in [0.15, 0.2) is 0 Å². The summed E-state index contributed by atoms with van der Waals surface area (Å²) in [6.07, 6.45) is 1.86. The Balaban J connectivity index is 2.52. The standard InChI is InChI=1S/C12H26O6SSi/c1-4-16-20(17-5-2,18-6-3)11-7-8-12-9-10-15-19(12,13)14/h12H,4-11H2,1-3H3. The lowest BCUT2D eigenvalue weighted by atomic mass is 10.2. The SMILES string of the molecule is CCO[Si](CCCC1CCOS1(=O)=O)(OCC)OCC. The van der Waals surface area contributed by atoms with E-state index in [1.54, 1.807) is 0 Å². The summed E-state index contributed by atoms with van der Waals surface area (Å²) in [5.74, 6) is 0. The minimum absolute atomic E-state index is 0.304. The first-order chi connectivity index (χ1) is 9.49. The minimum Gasteiger partial charge on any atom is -0.374 e. The normalized spacial score (nSPS) is 22.2. The van der Waals surface area contributed by atoms with E-state index in [1.165, 1.54) is 0 Å². The molecule has 6 nitrogen and oxygen atoms in total. The highest BCUT2D eigenvalue weighted by atomic mass is 32.2. The van der Waals surface area contributed by atoms with Crippen LogP contribution >= 0.6 is 0 Å². The van der Waals surface area contributed by atoms with Crippen LogP contribution in [0.1, 0.15) is 40.0 Å². The van der Waals surface area contributed by atoms with E-state index >= 15 is 0 Å². The molecule has 0 saturated carbocycles. The van der Waals surface area contributed by atoms with Crippen LogP contribution in [0.25, 0.3) is 0 Å². The van der Waals surface area contributed by atoms with E-state index in [-0.39, 0.29) is 5.25 Å². The Labute approximate surface area is 123 Å². The van der Waals surface area contributed by atoms with E-state index in [1.807, 2.05) is 20.8 Å². The van der Waals surface area contributed by atoms with Crippen molar-refractivity contribution in [2.24, 2.45) is 0 Å². The molecule has 1 unspecified atom stereocenters. The van der Waals surface area contributed by atoms with Gasteiger partial charge in [0.15, 0.2) is 0 Å². The maximum atomic E-state index is 11.6. The molecule has 8 heteroatoms. The zero-order valence-corrected chi connectivity index (χ0v) is 14.4. The van der Waals surface area contributed by atoms with E-state index < -0.39 is 18.9 Å². The van der Waals surface area contributed by atoms with Gasteiger partial charge in [-0.15, -0.1) is 0 Å². The lowest BCUT2D eigenvalue weighted by Gasteiger charge is -2.28. The molecule has 0 aliphatic carbocycles. The first-order valence-corrected chi connectivity index (χ1v) is 10.7. The van der Waals surface area contributed by atoms with Gasteiger partial charge in [-0.3, -0.25) is 4.18 Å². The zero-order valence-electron chi connectivity index (χ0n) is 12.6. The van der Waals surface area contributed by atoms with E-state index in [0.717, 1.165) is 0 Å². The Kier molecular flexibility index (Phi) is 7.63. The predicted molar refractivity (Wildman–Crippen MR) is 77.9 cm³/mol. The molecule has 0 aromatic carbocycles. The number of hydrogen-bond donors (Lipinski definition) is 0. The van der Waals surface area contributed by atoms with Crippen molar-refractivity contribution < 1.29 is 25.9 Å². The third kappa shape index (κ3) is 5.08. The van der Waals surface area contributed by atoms with Crippen molar-refractivity contribution in [2.45, 2.75) is 51.3 Å². The summed E-state index contributed by atoms with van der Waals surface area (Å²) < 4.78 is 45.2. The first kappa shape index (κ1) is 18.1. The third-order valence-corrected chi connectivity index (χ3v) is 8.13. The molecular weight excluding hydrogens is 300 g/mol. The number of hydrogen-bond acceptors (Lipinski definition) is 6. The molecule has 20 heavy (non-hydrogen) atoms. The molecular formula is C12H26O6SSi. The van der Waals surface area contributed by atoms with Crippen molar-refractivity contribution in [1.29, 1.82) is 0 Å². The highest BCUT2D eigenvalue weighted by molar-refractivity contribution is 7.87. The molecule has 0 N–H and O–H groups in total. The summed E-state index contributed by atoms with van der Waals surface area (Å²) in [6.45, 7) is 7.66. The van der Waals surface area contributed by atoms with Gasteiger partial charge in [-0.25, -0.2) is 0 Å². The molecule has 0 radical (unpaired) electrons. The predicted octanol–water partition coefficient (Wildman–Crippen LogP) is 1.93. The molecule has 1 heterocycles. The summed E-state index contributed by atoms with van der Waals surface area (Å²) >= 11 is 0. The average Bonchev–Trinajstić information content (AvgIpc) is 2.70. The van der Waals surface area contributed by atoms with E-state index in [2.05, 4.69) is 0 Å². The molecule has 0 aromatic heterocycles. The van der Waals surface area contributed by atoms with Gasteiger partial charge in [0.2, 0.25) is 0 Å². The van der Waals surface area contributed by atoms with Gasteiger partial charge in [-0.2, -0.15) is 8.42 Å². The molecule has 1 rings (SSSR count). The molecule has 0 spiro atoms. The van der Waals surface area contributed by atoms with Crippen molar-refractivity contribution >= 4 is 18.9 Å². The van der Waals surface area contributed by atoms with Crippen LogP contribution in [0, 0.1) is 0 Å². The second-order valence-electron chi connectivity index (χ2n) is 4.60. The molecule has 0 amide bonds. The van der Waals surface area contributed by atoms with Crippen LogP contribution in [-0.4, -0.2) is 48.9 Å². The molecule has 120 valence electrons. The van der Waals surface area contributed by atoms with Gasteiger partial charge >= 0.3 is 8.80 Å². The third-order valence-electron chi connectivity index (χ3n) is 3.20. The maximum absolute atomic E-state index is 11.6. The quantitative estimate of drug-likeness (QED) is 0.451. The Bertz CT molecular complexity index is 355.